The monoisotopic (exact) mass is 356 g/mol. The van der Waals surface area contributed by atoms with Crippen LogP contribution in [-0.2, 0) is 6.54 Å². The second-order valence-corrected chi connectivity index (χ2v) is 6.06. The van der Waals surface area contributed by atoms with Crippen LogP contribution < -0.4 is 5.32 Å². The lowest BCUT2D eigenvalue weighted by atomic mass is 10.1. The minimum absolute atomic E-state index is 0.200. The Morgan fingerprint density at radius 3 is 2.80 bits per heavy atom. The molecule has 0 saturated carbocycles. The van der Waals surface area contributed by atoms with Crippen molar-refractivity contribution in [3.05, 3.63) is 65.0 Å². The third-order valence-electron chi connectivity index (χ3n) is 3.65. The summed E-state index contributed by atoms with van der Waals surface area (Å²) in [6.45, 7) is 2.18. The number of hydrogen-bond donors (Lipinski definition) is 1. The fourth-order valence-corrected chi connectivity index (χ4v) is 2.50. The Hall–Kier alpha value is -2.86. The number of urea groups is 1. The summed E-state index contributed by atoms with van der Waals surface area (Å²) in [5, 5.41) is 7.31. The first-order chi connectivity index (χ1) is 12.0. The van der Waals surface area contributed by atoms with Gasteiger partial charge in [0.15, 0.2) is 0 Å². The second kappa shape index (κ2) is 7.36. The number of amides is 2. The molecule has 1 heterocycles. The van der Waals surface area contributed by atoms with Gasteiger partial charge in [-0.1, -0.05) is 47.1 Å². The van der Waals surface area contributed by atoms with Gasteiger partial charge < -0.3 is 14.7 Å². The van der Waals surface area contributed by atoms with Crippen molar-refractivity contribution in [2.75, 3.05) is 12.4 Å². The van der Waals surface area contributed by atoms with E-state index in [0.29, 0.717) is 22.4 Å². The van der Waals surface area contributed by atoms with Crippen LogP contribution in [0.3, 0.4) is 0 Å². The smallest absolute Gasteiger partial charge is 0.322 e. The molecular formula is C18H17ClN4O2. The summed E-state index contributed by atoms with van der Waals surface area (Å²) >= 11 is 5.91. The number of aryl methyl sites for hydroxylation is 1. The number of carbonyl (C=O) groups is 1. The van der Waals surface area contributed by atoms with Gasteiger partial charge in [0.05, 0.1) is 0 Å². The maximum absolute atomic E-state index is 12.2. The summed E-state index contributed by atoms with van der Waals surface area (Å²) in [6, 6.07) is 14.4. The van der Waals surface area contributed by atoms with Crippen LogP contribution >= 0.6 is 11.6 Å². The Morgan fingerprint density at radius 1 is 1.24 bits per heavy atom. The van der Waals surface area contributed by atoms with Crippen molar-refractivity contribution >= 4 is 23.3 Å². The van der Waals surface area contributed by atoms with Gasteiger partial charge in [-0.15, -0.1) is 0 Å². The van der Waals surface area contributed by atoms with Gasteiger partial charge in [0, 0.05) is 23.3 Å². The Balaban J connectivity index is 1.66. The fraction of sp³-hybridized carbons (Fsp3) is 0.167. The average molecular weight is 357 g/mol. The molecule has 7 heteroatoms. The number of nitrogens with one attached hydrogen (secondary N) is 1. The molecule has 0 aliphatic heterocycles. The Kier molecular flexibility index (Phi) is 5.00. The van der Waals surface area contributed by atoms with Gasteiger partial charge in [-0.05, 0) is 30.7 Å². The third kappa shape index (κ3) is 4.16. The van der Waals surface area contributed by atoms with E-state index in [1.807, 2.05) is 31.2 Å². The molecular weight excluding hydrogens is 340 g/mol. The molecule has 0 saturated heterocycles. The molecule has 1 N–H and O–H groups in total. The van der Waals surface area contributed by atoms with E-state index in [9.17, 15) is 4.79 Å². The largest absolute Gasteiger partial charge is 0.337 e. The Bertz CT molecular complexity index is 894. The lowest BCUT2D eigenvalue weighted by molar-refractivity contribution is 0.213. The van der Waals surface area contributed by atoms with Crippen molar-refractivity contribution in [3.63, 3.8) is 0 Å². The molecule has 1 aromatic heterocycles. The highest BCUT2D eigenvalue weighted by Crippen LogP contribution is 2.20. The van der Waals surface area contributed by atoms with E-state index in [1.54, 1.807) is 31.3 Å². The van der Waals surface area contributed by atoms with Crippen LogP contribution in [0.5, 0.6) is 0 Å². The zero-order chi connectivity index (χ0) is 17.8. The molecule has 0 bridgehead atoms. The van der Waals surface area contributed by atoms with Gasteiger partial charge in [-0.3, -0.25) is 0 Å². The van der Waals surface area contributed by atoms with Crippen LogP contribution in [0.15, 0.2) is 53.1 Å². The van der Waals surface area contributed by atoms with Crippen molar-refractivity contribution in [2.45, 2.75) is 13.5 Å². The first-order valence-corrected chi connectivity index (χ1v) is 8.07. The molecule has 6 nitrogen and oxygen atoms in total. The molecule has 2 amide bonds. The van der Waals surface area contributed by atoms with E-state index in [4.69, 9.17) is 16.1 Å². The summed E-state index contributed by atoms with van der Waals surface area (Å²) in [4.78, 5) is 18.1. The minimum Gasteiger partial charge on any atom is -0.337 e. The van der Waals surface area contributed by atoms with Crippen LogP contribution in [0.25, 0.3) is 11.4 Å². The van der Waals surface area contributed by atoms with Crippen molar-refractivity contribution in [1.82, 2.24) is 15.0 Å². The quantitative estimate of drug-likeness (QED) is 0.753. The van der Waals surface area contributed by atoms with Crippen LogP contribution in [0.2, 0.25) is 5.02 Å². The third-order valence-corrected chi connectivity index (χ3v) is 3.88. The molecule has 25 heavy (non-hydrogen) atoms. The Labute approximate surface area is 150 Å². The molecule has 0 aliphatic rings. The predicted molar refractivity (Wildman–Crippen MR) is 96.4 cm³/mol. The maximum atomic E-state index is 12.2. The number of carbonyl (C=O) groups excluding carboxylic acids is 1. The second-order valence-electron chi connectivity index (χ2n) is 5.62. The lowest BCUT2D eigenvalue weighted by Crippen LogP contribution is -2.30. The summed E-state index contributed by atoms with van der Waals surface area (Å²) in [6.07, 6.45) is 0. The number of anilines is 1. The molecule has 0 fully saturated rings. The maximum Gasteiger partial charge on any atom is 0.322 e. The van der Waals surface area contributed by atoms with Crippen LogP contribution in [0.4, 0.5) is 10.5 Å². The van der Waals surface area contributed by atoms with Crippen LogP contribution in [0.1, 0.15) is 11.5 Å². The van der Waals surface area contributed by atoms with E-state index in [1.165, 1.54) is 4.90 Å². The van der Waals surface area contributed by atoms with Gasteiger partial charge in [0.2, 0.25) is 11.7 Å². The molecule has 0 unspecified atom stereocenters. The van der Waals surface area contributed by atoms with Crippen molar-refractivity contribution in [3.8, 4) is 11.4 Å². The van der Waals surface area contributed by atoms with Gasteiger partial charge in [0.1, 0.15) is 6.54 Å². The van der Waals surface area contributed by atoms with Crippen LogP contribution in [-0.4, -0.2) is 28.1 Å². The van der Waals surface area contributed by atoms with Crippen molar-refractivity contribution in [1.29, 1.82) is 0 Å². The first kappa shape index (κ1) is 17.0. The standard InChI is InChI=1S/C18H17ClN4O2/c1-12-6-3-4-9-15(12)17-21-16(25-22-17)11-23(2)18(24)20-14-8-5-7-13(19)10-14/h3-10H,11H2,1-2H3,(H,20,24). The number of halogens is 1. The van der Waals surface area contributed by atoms with Gasteiger partial charge in [-0.25, -0.2) is 4.79 Å². The van der Waals surface area contributed by atoms with Gasteiger partial charge in [0.25, 0.3) is 0 Å². The number of benzene rings is 2. The molecule has 0 spiro atoms. The van der Waals surface area contributed by atoms with Gasteiger partial charge >= 0.3 is 6.03 Å². The molecule has 0 radical (unpaired) electrons. The highest BCUT2D eigenvalue weighted by atomic mass is 35.5. The van der Waals surface area contributed by atoms with E-state index in [-0.39, 0.29) is 12.6 Å². The average Bonchev–Trinajstić information content (AvgIpc) is 3.03. The molecule has 3 rings (SSSR count). The summed E-state index contributed by atoms with van der Waals surface area (Å²) in [5.74, 6) is 0.874. The molecule has 128 valence electrons. The lowest BCUT2D eigenvalue weighted by Gasteiger charge is -2.15. The number of aromatic nitrogens is 2. The number of nitrogens with zero attached hydrogens (tertiary/aromatic N) is 3. The van der Waals surface area contributed by atoms with Crippen molar-refractivity contribution < 1.29 is 9.32 Å². The summed E-state index contributed by atoms with van der Waals surface area (Å²) < 4.78 is 5.26. The summed E-state index contributed by atoms with van der Waals surface area (Å²) in [5.41, 5.74) is 2.58. The van der Waals surface area contributed by atoms with E-state index < -0.39 is 0 Å². The topological polar surface area (TPSA) is 71.3 Å². The first-order valence-electron chi connectivity index (χ1n) is 7.69. The molecule has 0 atom stereocenters. The zero-order valence-corrected chi connectivity index (χ0v) is 14.6. The molecule has 0 aliphatic carbocycles. The fourth-order valence-electron chi connectivity index (χ4n) is 2.31. The minimum atomic E-state index is -0.294. The van der Waals surface area contributed by atoms with E-state index in [2.05, 4.69) is 15.5 Å². The highest BCUT2D eigenvalue weighted by Gasteiger charge is 2.15. The number of hydrogen-bond acceptors (Lipinski definition) is 4. The predicted octanol–water partition coefficient (Wildman–Crippen LogP) is 4.36. The van der Waals surface area contributed by atoms with Crippen LogP contribution in [0, 0.1) is 6.92 Å². The van der Waals surface area contributed by atoms with E-state index >= 15 is 0 Å². The number of rotatable bonds is 4. The Morgan fingerprint density at radius 2 is 2.04 bits per heavy atom. The van der Waals surface area contributed by atoms with Gasteiger partial charge in [-0.2, -0.15) is 4.98 Å². The SMILES string of the molecule is Cc1ccccc1-c1noc(CN(C)C(=O)Nc2cccc(Cl)c2)n1. The van der Waals surface area contributed by atoms with Crippen molar-refractivity contribution in [2.24, 2.45) is 0 Å². The molecule has 2 aromatic carbocycles. The highest BCUT2D eigenvalue weighted by molar-refractivity contribution is 6.30. The zero-order valence-electron chi connectivity index (χ0n) is 13.9. The van der Waals surface area contributed by atoms with E-state index in [0.717, 1.165) is 11.1 Å². The summed E-state index contributed by atoms with van der Waals surface area (Å²) in [7, 11) is 1.65. The molecule has 3 aromatic rings. The normalized spacial score (nSPS) is 10.5.